The largest absolute Gasteiger partial charge is 0.218 e. The van der Waals surface area contributed by atoms with Gasteiger partial charge in [0.25, 0.3) is 0 Å². The Kier molecular flexibility index (Phi) is 2.62. The Morgan fingerprint density at radius 1 is 0.600 bits per heavy atom. The zero-order chi connectivity index (χ0) is 14.7. The van der Waals surface area contributed by atoms with E-state index < -0.39 is 19.7 Å². The fraction of sp³-hybridized carbons (Fsp3) is 0.143. The van der Waals surface area contributed by atoms with Crippen LogP contribution in [0.15, 0.2) is 56.0 Å². The number of aryl methyl sites for hydroxylation is 2. The zero-order valence-electron chi connectivity index (χ0n) is 10.9. The Balaban J connectivity index is 2.54. The molecule has 0 bridgehead atoms. The zero-order valence-corrected chi connectivity index (χ0v) is 12.5. The number of fused-ring (bicyclic) bond motifs is 2. The van der Waals surface area contributed by atoms with Gasteiger partial charge in [0.05, 0.1) is 19.6 Å². The molecule has 0 aliphatic carbocycles. The van der Waals surface area contributed by atoms with Crippen LogP contribution in [0.4, 0.5) is 0 Å². The molecule has 0 unspecified atom stereocenters. The molecule has 104 valence electrons. The Labute approximate surface area is 117 Å². The molecule has 0 atom stereocenters. The van der Waals surface area contributed by atoms with Gasteiger partial charge in [0.1, 0.15) is 0 Å². The van der Waals surface area contributed by atoms with Crippen LogP contribution < -0.4 is 0 Å². The average Bonchev–Trinajstić information content (AvgIpc) is 2.36. The van der Waals surface area contributed by atoms with Crippen LogP contribution in [0.5, 0.6) is 0 Å². The number of hydrogen-bond donors (Lipinski definition) is 0. The molecule has 6 heteroatoms. The molecule has 2 aromatic rings. The first-order chi connectivity index (χ1) is 9.24. The van der Waals surface area contributed by atoms with Gasteiger partial charge in [0.15, 0.2) is 0 Å². The van der Waals surface area contributed by atoms with E-state index in [1.165, 1.54) is 24.3 Å². The van der Waals surface area contributed by atoms with Crippen molar-refractivity contribution >= 4 is 19.7 Å². The molecular weight excluding hydrogens is 296 g/mol. The summed E-state index contributed by atoms with van der Waals surface area (Å²) in [4.78, 5) is -0.537. The molecule has 1 aliphatic heterocycles. The highest BCUT2D eigenvalue weighted by atomic mass is 32.2. The smallest absolute Gasteiger partial charge is 0.209 e. The number of rotatable bonds is 0. The van der Waals surface area contributed by atoms with Gasteiger partial charge >= 0.3 is 0 Å². The standard InChI is InChI=1S/C14H12O4S2/c1-9-3-5-11-13(7-9)19(15,16)12-6-4-10(2)8-14(12)20(11,17)18/h3-8H,1-2H3. The minimum Gasteiger partial charge on any atom is -0.218 e. The van der Waals surface area contributed by atoms with E-state index in [1.54, 1.807) is 26.0 Å². The van der Waals surface area contributed by atoms with Crippen LogP contribution in [0, 0.1) is 13.8 Å². The van der Waals surface area contributed by atoms with E-state index in [9.17, 15) is 16.8 Å². The highest BCUT2D eigenvalue weighted by Crippen LogP contribution is 2.40. The highest BCUT2D eigenvalue weighted by molar-refractivity contribution is 7.97. The Bertz CT molecular complexity index is 860. The topological polar surface area (TPSA) is 68.3 Å². The fourth-order valence-electron chi connectivity index (χ4n) is 2.33. The van der Waals surface area contributed by atoms with Crippen molar-refractivity contribution in [3.8, 4) is 0 Å². The van der Waals surface area contributed by atoms with Crippen LogP contribution in [-0.4, -0.2) is 16.8 Å². The lowest BCUT2D eigenvalue weighted by atomic mass is 10.2. The molecule has 4 nitrogen and oxygen atoms in total. The predicted octanol–water partition coefficient (Wildman–Crippen LogP) is 2.28. The molecule has 0 aromatic heterocycles. The summed E-state index contributed by atoms with van der Waals surface area (Å²) in [5, 5.41) is 0. The third-order valence-corrected chi connectivity index (χ3v) is 7.32. The minimum atomic E-state index is -3.79. The summed E-state index contributed by atoms with van der Waals surface area (Å²) >= 11 is 0. The third-order valence-electron chi connectivity index (χ3n) is 3.36. The Hall–Kier alpha value is -1.66. The molecule has 1 heterocycles. The molecule has 0 N–H and O–H groups in total. The molecular formula is C14H12O4S2. The SMILES string of the molecule is Cc1ccc2c(c1)S(=O)(=O)c1ccc(C)cc1S2(=O)=O. The van der Waals surface area contributed by atoms with E-state index >= 15 is 0 Å². The Morgan fingerprint density at radius 2 is 0.950 bits per heavy atom. The average molecular weight is 308 g/mol. The number of hydrogen-bond acceptors (Lipinski definition) is 4. The van der Waals surface area contributed by atoms with Crippen LogP contribution in [0.25, 0.3) is 0 Å². The van der Waals surface area contributed by atoms with Crippen LogP contribution in [0.1, 0.15) is 11.1 Å². The number of sulfone groups is 2. The van der Waals surface area contributed by atoms with Crippen LogP contribution in [0.2, 0.25) is 0 Å². The molecule has 20 heavy (non-hydrogen) atoms. The first-order valence-electron chi connectivity index (χ1n) is 5.96. The third kappa shape index (κ3) is 1.65. The lowest BCUT2D eigenvalue weighted by molar-refractivity contribution is 0.569. The van der Waals surface area contributed by atoms with Crippen molar-refractivity contribution in [2.24, 2.45) is 0 Å². The second kappa shape index (κ2) is 3.93. The van der Waals surface area contributed by atoms with Crippen molar-refractivity contribution in [1.82, 2.24) is 0 Å². The first kappa shape index (κ1) is 13.3. The molecule has 0 fully saturated rings. The second-order valence-corrected chi connectivity index (χ2v) is 8.68. The summed E-state index contributed by atoms with van der Waals surface area (Å²) < 4.78 is 50.3. The maximum atomic E-state index is 12.6. The summed E-state index contributed by atoms with van der Waals surface area (Å²) in [6, 6.07) is 8.75. The van der Waals surface area contributed by atoms with Gasteiger partial charge in [-0.2, -0.15) is 0 Å². The van der Waals surface area contributed by atoms with Gasteiger partial charge in [0.2, 0.25) is 19.7 Å². The Morgan fingerprint density at radius 3 is 1.30 bits per heavy atom. The highest BCUT2D eigenvalue weighted by Gasteiger charge is 2.39. The summed E-state index contributed by atoms with van der Waals surface area (Å²) in [6.07, 6.45) is 0. The van der Waals surface area contributed by atoms with Crippen molar-refractivity contribution in [3.05, 3.63) is 47.5 Å². The summed E-state index contributed by atoms with van der Waals surface area (Å²) in [7, 11) is -7.58. The number of benzene rings is 2. The molecule has 2 aromatic carbocycles. The van der Waals surface area contributed by atoms with Gasteiger partial charge in [-0.15, -0.1) is 0 Å². The van der Waals surface area contributed by atoms with Gasteiger partial charge in [0, 0.05) is 0 Å². The van der Waals surface area contributed by atoms with E-state index in [1.807, 2.05) is 0 Å². The molecule has 0 radical (unpaired) electrons. The fourth-order valence-corrected chi connectivity index (χ4v) is 6.61. The molecule has 1 aliphatic rings. The van der Waals surface area contributed by atoms with Gasteiger partial charge in [-0.1, -0.05) is 12.1 Å². The van der Waals surface area contributed by atoms with Crippen molar-refractivity contribution in [1.29, 1.82) is 0 Å². The van der Waals surface area contributed by atoms with Crippen molar-refractivity contribution < 1.29 is 16.8 Å². The van der Waals surface area contributed by atoms with Gasteiger partial charge < -0.3 is 0 Å². The lowest BCUT2D eigenvalue weighted by Crippen LogP contribution is -2.20. The van der Waals surface area contributed by atoms with Gasteiger partial charge in [-0.05, 0) is 49.2 Å². The van der Waals surface area contributed by atoms with E-state index in [4.69, 9.17) is 0 Å². The van der Waals surface area contributed by atoms with Crippen molar-refractivity contribution in [2.45, 2.75) is 33.4 Å². The monoisotopic (exact) mass is 308 g/mol. The predicted molar refractivity (Wildman–Crippen MR) is 73.3 cm³/mol. The van der Waals surface area contributed by atoms with Crippen LogP contribution in [0.3, 0.4) is 0 Å². The van der Waals surface area contributed by atoms with Crippen LogP contribution >= 0.6 is 0 Å². The molecule has 0 spiro atoms. The van der Waals surface area contributed by atoms with E-state index in [-0.39, 0.29) is 19.6 Å². The quantitative estimate of drug-likeness (QED) is 0.639. The maximum Gasteiger partial charge on any atom is 0.209 e. The van der Waals surface area contributed by atoms with E-state index in [0.717, 1.165) is 0 Å². The van der Waals surface area contributed by atoms with E-state index in [0.29, 0.717) is 11.1 Å². The summed E-state index contributed by atoms with van der Waals surface area (Å²) in [5.74, 6) is 0. The maximum absolute atomic E-state index is 12.6. The minimum absolute atomic E-state index is 0.131. The van der Waals surface area contributed by atoms with E-state index in [2.05, 4.69) is 0 Å². The van der Waals surface area contributed by atoms with Gasteiger partial charge in [-0.25, -0.2) is 16.8 Å². The van der Waals surface area contributed by atoms with Crippen molar-refractivity contribution in [2.75, 3.05) is 0 Å². The molecule has 0 amide bonds. The summed E-state index contributed by atoms with van der Waals surface area (Å²) in [5.41, 5.74) is 1.41. The van der Waals surface area contributed by atoms with Gasteiger partial charge in [-0.3, -0.25) is 0 Å². The first-order valence-corrected chi connectivity index (χ1v) is 8.93. The van der Waals surface area contributed by atoms with Crippen molar-refractivity contribution in [3.63, 3.8) is 0 Å². The second-order valence-electron chi connectivity index (χ2n) is 4.91. The van der Waals surface area contributed by atoms with Crippen LogP contribution in [-0.2, 0) is 19.7 Å². The molecule has 3 rings (SSSR count). The molecule has 0 saturated carbocycles. The molecule has 0 saturated heterocycles. The summed E-state index contributed by atoms with van der Waals surface area (Å²) in [6.45, 7) is 3.46. The normalized spacial score (nSPS) is 18.1. The lowest BCUT2D eigenvalue weighted by Gasteiger charge is -2.20.